The van der Waals surface area contributed by atoms with Gasteiger partial charge in [-0.05, 0) is 34.9 Å². The average molecular weight is 353 g/mol. The Morgan fingerprint density at radius 1 is 1.27 bits per heavy atom. The van der Waals surface area contributed by atoms with Gasteiger partial charge in [-0.1, -0.05) is 45.0 Å². The van der Waals surface area contributed by atoms with Gasteiger partial charge in [0.1, 0.15) is 11.6 Å². The van der Waals surface area contributed by atoms with Crippen molar-refractivity contribution in [2.24, 2.45) is 0 Å². The van der Waals surface area contributed by atoms with Crippen molar-refractivity contribution in [2.75, 3.05) is 26.3 Å². The van der Waals surface area contributed by atoms with Crippen LogP contribution in [0.5, 0.6) is 0 Å². The molecule has 0 aromatic heterocycles. The van der Waals surface area contributed by atoms with Crippen LogP contribution < -0.4 is 5.32 Å². The molecular formula is C21H27N3O2. The molecule has 0 atom stereocenters. The number of rotatable bonds is 5. The van der Waals surface area contributed by atoms with E-state index in [0.29, 0.717) is 19.8 Å². The second-order valence-corrected chi connectivity index (χ2v) is 7.31. The maximum atomic E-state index is 12.2. The lowest BCUT2D eigenvalue weighted by molar-refractivity contribution is -0.117. The molecule has 1 aromatic carbocycles. The van der Waals surface area contributed by atoms with Crippen molar-refractivity contribution in [1.29, 1.82) is 5.26 Å². The highest BCUT2D eigenvalue weighted by Crippen LogP contribution is 2.22. The van der Waals surface area contributed by atoms with E-state index < -0.39 is 0 Å². The van der Waals surface area contributed by atoms with Gasteiger partial charge >= 0.3 is 0 Å². The number of amides is 1. The molecule has 1 aromatic rings. The molecule has 5 nitrogen and oxygen atoms in total. The molecule has 0 bridgehead atoms. The molecule has 1 aliphatic heterocycles. The molecular weight excluding hydrogens is 326 g/mol. The number of hydrogen-bond donors (Lipinski definition) is 1. The summed E-state index contributed by atoms with van der Waals surface area (Å²) >= 11 is 0. The maximum absolute atomic E-state index is 12.2. The van der Waals surface area contributed by atoms with Crippen LogP contribution in [0, 0.1) is 11.3 Å². The van der Waals surface area contributed by atoms with E-state index in [0.717, 1.165) is 18.7 Å². The predicted molar refractivity (Wildman–Crippen MR) is 102 cm³/mol. The maximum Gasteiger partial charge on any atom is 0.262 e. The van der Waals surface area contributed by atoms with E-state index in [2.05, 4.69) is 43.1 Å². The van der Waals surface area contributed by atoms with Gasteiger partial charge in [-0.3, -0.25) is 4.79 Å². The van der Waals surface area contributed by atoms with Gasteiger partial charge in [-0.25, -0.2) is 0 Å². The molecule has 0 spiro atoms. The number of nitriles is 1. The number of hydrogen-bond acceptors (Lipinski definition) is 4. The lowest BCUT2D eigenvalue weighted by Crippen LogP contribution is -2.31. The Bertz CT molecular complexity index is 700. The minimum Gasteiger partial charge on any atom is -0.378 e. The Morgan fingerprint density at radius 2 is 1.92 bits per heavy atom. The van der Waals surface area contributed by atoms with Crippen LogP contribution in [0.2, 0.25) is 0 Å². The van der Waals surface area contributed by atoms with Gasteiger partial charge in [-0.15, -0.1) is 0 Å². The van der Waals surface area contributed by atoms with Crippen LogP contribution in [-0.4, -0.2) is 37.1 Å². The molecule has 0 saturated carbocycles. The lowest BCUT2D eigenvalue weighted by atomic mass is 9.87. The van der Waals surface area contributed by atoms with Crippen LogP contribution in [0.15, 0.2) is 48.2 Å². The molecule has 1 heterocycles. The summed E-state index contributed by atoms with van der Waals surface area (Å²) in [7, 11) is 0. The summed E-state index contributed by atoms with van der Waals surface area (Å²) < 4.78 is 5.28. The summed E-state index contributed by atoms with van der Waals surface area (Å²) in [6.45, 7) is 9.94. The molecule has 26 heavy (non-hydrogen) atoms. The summed E-state index contributed by atoms with van der Waals surface area (Å²) in [4.78, 5) is 14.3. The van der Waals surface area contributed by atoms with Gasteiger partial charge in [0.2, 0.25) is 0 Å². The van der Waals surface area contributed by atoms with Crippen molar-refractivity contribution in [1.82, 2.24) is 10.2 Å². The summed E-state index contributed by atoms with van der Waals surface area (Å²) in [6, 6.07) is 10.1. The van der Waals surface area contributed by atoms with Crippen LogP contribution in [0.1, 0.15) is 31.9 Å². The van der Waals surface area contributed by atoms with Crippen LogP contribution in [0.3, 0.4) is 0 Å². The van der Waals surface area contributed by atoms with Gasteiger partial charge in [0.15, 0.2) is 0 Å². The molecule has 2 rings (SSSR count). The Kier molecular flexibility index (Phi) is 6.99. The number of carbonyl (C=O) groups excluding carboxylic acids is 1. The van der Waals surface area contributed by atoms with Gasteiger partial charge in [0, 0.05) is 19.6 Å². The van der Waals surface area contributed by atoms with E-state index in [4.69, 9.17) is 4.74 Å². The summed E-state index contributed by atoms with van der Waals surface area (Å²) in [5.41, 5.74) is 2.46. The molecule has 0 radical (unpaired) electrons. The Balaban J connectivity index is 1.89. The molecule has 0 aliphatic carbocycles. The van der Waals surface area contributed by atoms with Crippen molar-refractivity contribution in [3.05, 3.63) is 59.3 Å². The fourth-order valence-corrected chi connectivity index (χ4v) is 2.55. The molecule has 1 N–H and O–H groups in total. The molecule has 5 heteroatoms. The fraction of sp³-hybridized carbons (Fsp3) is 0.429. The third kappa shape index (κ3) is 6.05. The molecule has 1 saturated heterocycles. The van der Waals surface area contributed by atoms with Crippen molar-refractivity contribution in [2.45, 2.75) is 32.7 Å². The molecule has 1 aliphatic rings. The van der Waals surface area contributed by atoms with E-state index in [1.165, 1.54) is 5.56 Å². The smallest absolute Gasteiger partial charge is 0.262 e. The fourth-order valence-electron chi connectivity index (χ4n) is 2.55. The molecule has 0 unspecified atom stereocenters. The zero-order valence-electron chi connectivity index (χ0n) is 15.8. The van der Waals surface area contributed by atoms with E-state index in [1.54, 1.807) is 12.2 Å². The Hall–Kier alpha value is -2.58. The second kappa shape index (κ2) is 9.21. The van der Waals surface area contributed by atoms with E-state index in [9.17, 15) is 10.1 Å². The average Bonchev–Trinajstić information content (AvgIpc) is 2.64. The first-order chi connectivity index (χ1) is 12.4. The van der Waals surface area contributed by atoms with Crippen molar-refractivity contribution < 1.29 is 9.53 Å². The monoisotopic (exact) mass is 353 g/mol. The van der Waals surface area contributed by atoms with Gasteiger partial charge in [-0.2, -0.15) is 5.26 Å². The van der Waals surface area contributed by atoms with Crippen LogP contribution in [0.4, 0.5) is 0 Å². The van der Waals surface area contributed by atoms with Gasteiger partial charge in [0.05, 0.1) is 13.2 Å². The highest BCUT2D eigenvalue weighted by Gasteiger charge is 2.13. The zero-order valence-corrected chi connectivity index (χ0v) is 15.8. The van der Waals surface area contributed by atoms with Gasteiger partial charge < -0.3 is 15.0 Å². The zero-order chi connectivity index (χ0) is 19.0. The standard InChI is InChI=1S/C21H27N3O2/c1-21(2,3)19-8-6-17(7-9-19)16-23-20(25)18(15-22)5-4-10-24-11-13-26-14-12-24/h4-10H,11-14,16H2,1-3H3,(H,23,25)/b10-4+,18-5+. The third-order valence-electron chi connectivity index (χ3n) is 4.24. The highest BCUT2D eigenvalue weighted by molar-refractivity contribution is 5.97. The Labute approximate surface area is 155 Å². The van der Waals surface area contributed by atoms with E-state index in [1.807, 2.05) is 24.4 Å². The summed E-state index contributed by atoms with van der Waals surface area (Å²) in [5, 5.41) is 12.0. The normalized spacial score (nSPS) is 15.8. The lowest BCUT2D eigenvalue weighted by Gasteiger charge is -2.24. The largest absolute Gasteiger partial charge is 0.378 e. The molecule has 1 amide bonds. The van der Waals surface area contributed by atoms with Crippen molar-refractivity contribution in [3.8, 4) is 6.07 Å². The predicted octanol–water partition coefficient (Wildman–Crippen LogP) is 2.90. The Morgan fingerprint density at radius 3 is 2.50 bits per heavy atom. The SMILES string of the molecule is CC(C)(C)c1ccc(CNC(=O)/C(C#N)=C/C=C/N2CCOCC2)cc1. The number of allylic oxidation sites excluding steroid dienone is 2. The van der Waals surface area contributed by atoms with E-state index in [-0.39, 0.29) is 16.9 Å². The number of carbonyl (C=O) groups is 1. The number of ether oxygens (including phenoxy) is 1. The molecule has 138 valence electrons. The number of morpholine rings is 1. The minimum atomic E-state index is -0.362. The van der Waals surface area contributed by atoms with Crippen LogP contribution in [-0.2, 0) is 21.5 Å². The summed E-state index contributed by atoms with van der Waals surface area (Å²) in [6.07, 6.45) is 5.17. The number of benzene rings is 1. The first-order valence-corrected chi connectivity index (χ1v) is 8.88. The third-order valence-corrected chi connectivity index (χ3v) is 4.24. The number of nitrogens with zero attached hydrogens (tertiary/aromatic N) is 2. The van der Waals surface area contributed by atoms with Crippen molar-refractivity contribution in [3.63, 3.8) is 0 Å². The summed E-state index contributed by atoms with van der Waals surface area (Å²) in [5.74, 6) is -0.362. The van der Waals surface area contributed by atoms with Crippen LogP contribution >= 0.6 is 0 Å². The quantitative estimate of drug-likeness (QED) is 0.502. The topological polar surface area (TPSA) is 65.4 Å². The first kappa shape index (κ1) is 19.7. The first-order valence-electron chi connectivity index (χ1n) is 8.88. The molecule has 1 fully saturated rings. The van der Waals surface area contributed by atoms with E-state index >= 15 is 0 Å². The highest BCUT2D eigenvalue weighted by atomic mass is 16.5. The van der Waals surface area contributed by atoms with Gasteiger partial charge in [0.25, 0.3) is 5.91 Å². The minimum absolute atomic E-state index is 0.0980. The second-order valence-electron chi connectivity index (χ2n) is 7.31. The number of nitrogens with one attached hydrogen (secondary N) is 1. The van der Waals surface area contributed by atoms with Crippen LogP contribution in [0.25, 0.3) is 0 Å². The van der Waals surface area contributed by atoms with Crippen molar-refractivity contribution >= 4 is 5.91 Å².